The highest BCUT2D eigenvalue weighted by Gasteiger charge is 2.74. The van der Waals surface area contributed by atoms with Crippen LogP contribution in [-0.4, -0.2) is 69.0 Å². The third-order valence-electron chi connectivity index (χ3n) is 10.3. The van der Waals surface area contributed by atoms with Crippen LogP contribution in [0.15, 0.2) is 47.4 Å². The van der Waals surface area contributed by atoms with Crippen molar-refractivity contribution in [3.8, 4) is 0 Å². The van der Waals surface area contributed by atoms with Gasteiger partial charge >= 0.3 is 24.0 Å². The molecule has 48 heavy (non-hydrogen) atoms. The van der Waals surface area contributed by atoms with Crippen LogP contribution >= 0.6 is 0 Å². The summed E-state index contributed by atoms with van der Waals surface area (Å²) < 4.78 is 143. The number of sulfone groups is 1. The Labute approximate surface area is 271 Å². The molecule has 5 atom stereocenters. The molecule has 5 rings (SSSR count). The van der Waals surface area contributed by atoms with Crippen molar-refractivity contribution in [2.75, 3.05) is 20.3 Å². The van der Waals surface area contributed by atoms with Gasteiger partial charge in [-0.1, -0.05) is 18.2 Å². The zero-order chi connectivity index (χ0) is 35.4. The quantitative estimate of drug-likeness (QED) is 0.201. The van der Waals surface area contributed by atoms with Crippen molar-refractivity contribution in [2.45, 2.75) is 78.7 Å². The van der Waals surface area contributed by atoms with E-state index in [1.165, 1.54) is 12.0 Å². The second-order valence-corrected chi connectivity index (χ2v) is 14.9. The lowest BCUT2D eigenvalue weighted by Gasteiger charge is -2.44. The molecule has 0 aromatic heterocycles. The summed E-state index contributed by atoms with van der Waals surface area (Å²) in [6, 6.07) is 4.01. The number of hydrogen-bond donors (Lipinski definition) is 1. The van der Waals surface area contributed by atoms with Gasteiger partial charge in [-0.15, -0.1) is 0 Å². The summed E-state index contributed by atoms with van der Waals surface area (Å²) in [6.07, 6.45) is -12.6. The van der Waals surface area contributed by atoms with Crippen LogP contribution in [0.25, 0.3) is 0 Å². The number of methoxy groups -OCH3 is 1. The number of fused-ring (bicyclic) bond motifs is 3. The fraction of sp³-hybridized carbons (Fsp3) is 0.562. The molecule has 7 nitrogen and oxygen atoms in total. The number of nitrogens with zero attached hydrogens (tertiary/aromatic N) is 1. The average Bonchev–Trinajstić information content (AvgIpc) is 3.30. The van der Waals surface area contributed by atoms with E-state index in [9.17, 15) is 53.8 Å². The van der Waals surface area contributed by atoms with Gasteiger partial charge in [-0.3, -0.25) is 9.59 Å². The first kappa shape index (κ1) is 36.0. The van der Waals surface area contributed by atoms with Gasteiger partial charge in [0.05, 0.1) is 16.9 Å². The van der Waals surface area contributed by atoms with Crippen molar-refractivity contribution in [2.24, 2.45) is 17.8 Å². The Morgan fingerprint density at radius 2 is 1.56 bits per heavy atom. The van der Waals surface area contributed by atoms with Gasteiger partial charge in [-0.25, -0.2) is 17.2 Å². The van der Waals surface area contributed by atoms with Crippen molar-refractivity contribution >= 4 is 21.7 Å². The van der Waals surface area contributed by atoms with Gasteiger partial charge in [0.25, 0.3) is 0 Å². The Balaban J connectivity index is 1.64. The van der Waals surface area contributed by atoms with Gasteiger partial charge in [-0.05, 0) is 86.3 Å². The topological polar surface area (TPSA) is 101 Å². The number of hydrogen-bond acceptors (Lipinski definition) is 5. The molecule has 0 bridgehead atoms. The molecule has 1 amide bonds. The number of amides is 1. The number of carbonyl (C=O) groups excluding carboxylic acids is 1. The van der Waals surface area contributed by atoms with Gasteiger partial charge in [0.15, 0.2) is 9.84 Å². The lowest BCUT2D eigenvalue weighted by Crippen LogP contribution is -2.54. The Morgan fingerprint density at radius 1 is 0.938 bits per heavy atom. The third kappa shape index (κ3) is 5.65. The number of rotatable bonds is 7. The van der Waals surface area contributed by atoms with Gasteiger partial charge in [0, 0.05) is 31.7 Å². The Morgan fingerprint density at radius 3 is 2.15 bits per heavy atom. The van der Waals surface area contributed by atoms with Crippen LogP contribution < -0.4 is 0 Å². The molecule has 2 fully saturated rings. The fourth-order valence-corrected chi connectivity index (χ4v) is 10.3. The highest BCUT2D eigenvalue weighted by molar-refractivity contribution is 7.92. The Hall–Kier alpha value is -3.27. The predicted molar refractivity (Wildman–Crippen MR) is 153 cm³/mol. The van der Waals surface area contributed by atoms with E-state index in [2.05, 4.69) is 0 Å². The summed E-state index contributed by atoms with van der Waals surface area (Å²) in [5.74, 6) is -4.12. The first-order valence-corrected chi connectivity index (χ1v) is 16.8. The largest absolute Gasteiger partial charge is 0.481 e. The summed E-state index contributed by atoms with van der Waals surface area (Å²) in [5.41, 5.74) is -7.92. The standard InChI is InChI=1S/C32H33F8NO6S/c1-47-17-20-3-2-18(28(43)44)4-11-24(20)27(42)41-15-14-29(48(45,46)23-9-7-22(33)8-10-23)25-12-6-21(16-19(25)5-13-26(29)41)30(34,31(35,36)37)32(38,39)40/h6-10,12,16,18,20,24,26H,2-5,11,13-15,17H2,1H3,(H,43,44)/t18?,20?,24?,26-,29-/m0/s1. The molecule has 0 spiro atoms. The van der Waals surface area contributed by atoms with Gasteiger partial charge in [0.1, 0.15) is 10.6 Å². The SMILES string of the molecule is COCC1CCC(C(=O)O)CCC1C(=O)N1CC[C@]2(S(=O)(=O)c3ccc(F)cc3)c3ccc(C(F)(C(F)(F)F)C(F)(F)F)cc3CC[C@H]12. The van der Waals surface area contributed by atoms with E-state index in [1.807, 2.05) is 0 Å². The van der Waals surface area contributed by atoms with E-state index in [-0.39, 0.29) is 67.3 Å². The molecule has 264 valence electrons. The Kier molecular flexibility index (Phi) is 9.43. The summed E-state index contributed by atoms with van der Waals surface area (Å²) in [4.78, 5) is 27.0. The molecule has 2 aliphatic carbocycles. The van der Waals surface area contributed by atoms with Crippen LogP contribution in [0.5, 0.6) is 0 Å². The molecule has 1 heterocycles. The van der Waals surface area contributed by atoms with E-state index in [4.69, 9.17) is 4.74 Å². The lowest BCUT2D eigenvalue weighted by molar-refractivity contribution is -0.348. The molecular weight excluding hydrogens is 678 g/mol. The molecule has 2 aromatic rings. The van der Waals surface area contributed by atoms with Crippen molar-refractivity contribution in [1.29, 1.82) is 0 Å². The van der Waals surface area contributed by atoms with E-state index in [0.29, 0.717) is 18.9 Å². The third-order valence-corrected chi connectivity index (χ3v) is 12.8. The molecule has 3 unspecified atom stereocenters. The van der Waals surface area contributed by atoms with Crippen molar-refractivity contribution in [1.82, 2.24) is 4.90 Å². The number of carbonyl (C=O) groups is 2. The number of carboxylic acid groups (broad SMARTS) is 1. The number of halogens is 8. The number of aryl methyl sites for hydroxylation is 1. The fourth-order valence-electron chi connectivity index (χ4n) is 7.89. The van der Waals surface area contributed by atoms with E-state index in [1.54, 1.807) is 0 Å². The number of likely N-dealkylation sites (tertiary alicyclic amines) is 1. The molecule has 1 saturated carbocycles. The molecule has 1 aliphatic heterocycles. The zero-order valence-electron chi connectivity index (χ0n) is 25.6. The smallest absolute Gasteiger partial charge is 0.435 e. The molecule has 1 saturated heterocycles. The second-order valence-electron chi connectivity index (χ2n) is 12.7. The maximum absolute atomic E-state index is 15.1. The summed E-state index contributed by atoms with van der Waals surface area (Å²) in [5, 5.41) is 9.61. The summed E-state index contributed by atoms with van der Waals surface area (Å²) >= 11 is 0. The summed E-state index contributed by atoms with van der Waals surface area (Å²) in [6.45, 7) is -0.0445. The number of benzene rings is 2. The highest BCUT2D eigenvalue weighted by atomic mass is 32.2. The van der Waals surface area contributed by atoms with Crippen LogP contribution in [0.1, 0.15) is 55.2 Å². The van der Waals surface area contributed by atoms with Crippen LogP contribution in [0.4, 0.5) is 35.1 Å². The molecular formula is C32H33F8NO6S. The second kappa shape index (κ2) is 12.6. The van der Waals surface area contributed by atoms with Crippen LogP contribution in [0, 0.1) is 23.6 Å². The van der Waals surface area contributed by atoms with Gasteiger partial charge in [-0.2, -0.15) is 26.3 Å². The maximum atomic E-state index is 15.1. The van der Waals surface area contributed by atoms with Gasteiger partial charge in [0.2, 0.25) is 5.91 Å². The molecule has 0 radical (unpaired) electrons. The van der Waals surface area contributed by atoms with Crippen molar-refractivity contribution in [3.05, 3.63) is 65.0 Å². The van der Waals surface area contributed by atoms with Crippen molar-refractivity contribution < 1.29 is 63.0 Å². The number of carboxylic acids is 1. The first-order chi connectivity index (χ1) is 22.3. The van der Waals surface area contributed by atoms with E-state index < -0.39 is 79.7 Å². The number of aliphatic carboxylic acids is 1. The normalized spacial score (nSPS) is 26.8. The van der Waals surface area contributed by atoms with Crippen LogP contribution in [0.2, 0.25) is 0 Å². The zero-order valence-corrected chi connectivity index (χ0v) is 26.4. The maximum Gasteiger partial charge on any atom is 0.435 e. The molecule has 3 aliphatic rings. The monoisotopic (exact) mass is 711 g/mol. The van der Waals surface area contributed by atoms with Gasteiger partial charge < -0.3 is 14.7 Å². The molecule has 16 heteroatoms. The number of ether oxygens (including phenoxy) is 1. The predicted octanol–water partition coefficient (Wildman–Crippen LogP) is 6.49. The Bertz CT molecular complexity index is 1650. The van der Waals surface area contributed by atoms with E-state index in [0.717, 1.165) is 30.3 Å². The lowest BCUT2D eigenvalue weighted by atomic mass is 9.76. The molecule has 2 aromatic carbocycles. The van der Waals surface area contributed by atoms with E-state index >= 15 is 4.39 Å². The van der Waals surface area contributed by atoms with Crippen LogP contribution in [0.3, 0.4) is 0 Å². The minimum Gasteiger partial charge on any atom is -0.481 e. The highest BCUT2D eigenvalue weighted by Crippen LogP contribution is 2.57. The van der Waals surface area contributed by atoms with Crippen molar-refractivity contribution in [3.63, 3.8) is 0 Å². The minimum atomic E-state index is -6.39. The first-order valence-electron chi connectivity index (χ1n) is 15.3. The minimum absolute atomic E-state index is 0.120. The molecule has 1 N–H and O–H groups in total. The number of alkyl halides is 7. The summed E-state index contributed by atoms with van der Waals surface area (Å²) in [7, 11) is -3.22. The van der Waals surface area contributed by atoms with Crippen LogP contribution in [-0.2, 0) is 41.0 Å². The average molecular weight is 712 g/mol.